The molecule has 0 radical (unpaired) electrons. The van der Waals surface area contributed by atoms with Crippen molar-refractivity contribution in [1.82, 2.24) is 15.2 Å². The molecule has 126 valence electrons. The molecular formula is C18H20FN3O2. The minimum absolute atomic E-state index is 0.0789. The number of nitrogens with one attached hydrogen (secondary N) is 1. The van der Waals surface area contributed by atoms with Crippen LogP contribution in [0.1, 0.15) is 23.6 Å². The molecule has 2 atom stereocenters. The zero-order valence-electron chi connectivity index (χ0n) is 13.2. The van der Waals surface area contributed by atoms with Crippen molar-refractivity contribution in [3.05, 3.63) is 65.7 Å². The van der Waals surface area contributed by atoms with Gasteiger partial charge in [0.1, 0.15) is 5.82 Å². The van der Waals surface area contributed by atoms with E-state index in [4.69, 9.17) is 0 Å². The number of aliphatic hydroxyl groups excluding tert-OH is 1. The molecule has 3 rings (SSSR count). The molecule has 1 fully saturated rings. The number of aromatic nitrogens is 1. The first-order valence-electron chi connectivity index (χ1n) is 7.95. The standard InChI is InChI=1S/C18H20FN3O2/c19-15-5-3-14(4-6-15)17-8-16(23)11-22(17)12-18(24)21-10-13-2-1-7-20-9-13/h1-7,9,16-17,23H,8,10-12H2,(H,21,24)/t16-,17-/m0/s1. The van der Waals surface area contributed by atoms with Crippen molar-refractivity contribution in [1.29, 1.82) is 0 Å². The Kier molecular flexibility index (Phi) is 5.17. The maximum absolute atomic E-state index is 13.1. The number of rotatable bonds is 5. The third-order valence-electron chi connectivity index (χ3n) is 4.20. The predicted octanol–water partition coefficient (Wildman–Crippen LogP) is 1.64. The Morgan fingerprint density at radius 2 is 2.12 bits per heavy atom. The normalized spacial score (nSPS) is 20.9. The fourth-order valence-electron chi connectivity index (χ4n) is 3.03. The SMILES string of the molecule is O=C(CN1C[C@@H](O)C[C@H]1c1ccc(F)cc1)NCc1cccnc1. The number of hydrogen-bond donors (Lipinski definition) is 2. The van der Waals surface area contributed by atoms with Crippen molar-refractivity contribution >= 4 is 5.91 Å². The summed E-state index contributed by atoms with van der Waals surface area (Å²) in [6.45, 7) is 1.05. The number of halogens is 1. The van der Waals surface area contributed by atoms with E-state index in [0.717, 1.165) is 11.1 Å². The summed E-state index contributed by atoms with van der Waals surface area (Å²) in [5.74, 6) is -0.405. The summed E-state index contributed by atoms with van der Waals surface area (Å²) in [7, 11) is 0. The number of benzene rings is 1. The topological polar surface area (TPSA) is 65.5 Å². The molecule has 1 aliphatic heterocycles. The number of carbonyl (C=O) groups is 1. The molecule has 2 heterocycles. The predicted molar refractivity (Wildman–Crippen MR) is 87.4 cm³/mol. The summed E-state index contributed by atoms with van der Waals surface area (Å²) in [6, 6.07) is 9.86. The van der Waals surface area contributed by atoms with Gasteiger partial charge in [-0.15, -0.1) is 0 Å². The van der Waals surface area contributed by atoms with Crippen LogP contribution in [0, 0.1) is 5.82 Å². The van der Waals surface area contributed by atoms with Crippen LogP contribution in [0.25, 0.3) is 0 Å². The second kappa shape index (κ2) is 7.51. The largest absolute Gasteiger partial charge is 0.392 e. The van der Waals surface area contributed by atoms with Gasteiger partial charge in [-0.2, -0.15) is 0 Å². The van der Waals surface area contributed by atoms with Crippen LogP contribution in [0.5, 0.6) is 0 Å². The molecular weight excluding hydrogens is 309 g/mol. The van der Waals surface area contributed by atoms with Gasteiger partial charge in [0.05, 0.1) is 12.6 Å². The molecule has 6 heteroatoms. The van der Waals surface area contributed by atoms with Gasteiger partial charge in [0.15, 0.2) is 0 Å². The van der Waals surface area contributed by atoms with Crippen LogP contribution in [-0.2, 0) is 11.3 Å². The highest BCUT2D eigenvalue weighted by Gasteiger charge is 2.33. The van der Waals surface area contributed by atoms with Gasteiger partial charge in [0, 0.05) is 31.5 Å². The van der Waals surface area contributed by atoms with Gasteiger partial charge in [-0.1, -0.05) is 18.2 Å². The molecule has 2 N–H and O–H groups in total. The number of hydrogen-bond acceptors (Lipinski definition) is 4. The minimum atomic E-state index is -0.480. The van der Waals surface area contributed by atoms with Gasteiger partial charge in [-0.25, -0.2) is 4.39 Å². The Morgan fingerprint density at radius 1 is 1.33 bits per heavy atom. The van der Waals surface area contributed by atoms with Crippen molar-refractivity contribution in [2.24, 2.45) is 0 Å². The Morgan fingerprint density at radius 3 is 2.83 bits per heavy atom. The van der Waals surface area contributed by atoms with E-state index in [2.05, 4.69) is 10.3 Å². The average Bonchev–Trinajstić information content (AvgIpc) is 2.95. The molecule has 24 heavy (non-hydrogen) atoms. The molecule has 1 aromatic carbocycles. The van der Waals surface area contributed by atoms with Crippen molar-refractivity contribution in [2.45, 2.75) is 25.1 Å². The number of amides is 1. The Bertz CT molecular complexity index is 678. The molecule has 0 unspecified atom stereocenters. The van der Waals surface area contributed by atoms with Gasteiger partial charge in [-0.3, -0.25) is 14.7 Å². The van der Waals surface area contributed by atoms with Crippen LogP contribution in [0.4, 0.5) is 4.39 Å². The highest BCUT2D eigenvalue weighted by atomic mass is 19.1. The molecule has 5 nitrogen and oxygen atoms in total. The Labute approximate surface area is 140 Å². The van der Waals surface area contributed by atoms with Gasteiger partial charge in [0.25, 0.3) is 0 Å². The van der Waals surface area contributed by atoms with E-state index in [0.29, 0.717) is 19.5 Å². The molecule has 0 spiro atoms. The molecule has 1 saturated heterocycles. The van der Waals surface area contributed by atoms with E-state index in [9.17, 15) is 14.3 Å². The number of carbonyl (C=O) groups excluding carboxylic acids is 1. The molecule has 1 amide bonds. The lowest BCUT2D eigenvalue weighted by Crippen LogP contribution is -2.37. The average molecular weight is 329 g/mol. The first-order valence-corrected chi connectivity index (χ1v) is 7.95. The van der Waals surface area contributed by atoms with Crippen LogP contribution in [0.3, 0.4) is 0 Å². The maximum atomic E-state index is 13.1. The maximum Gasteiger partial charge on any atom is 0.234 e. The van der Waals surface area contributed by atoms with E-state index in [-0.39, 0.29) is 24.3 Å². The first kappa shape index (κ1) is 16.5. The molecule has 0 bridgehead atoms. The van der Waals surface area contributed by atoms with Gasteiger partial charge in [0.2, 0.25) is 5.91 Å². The number of likely N-dealkylation sites (tertiary alicyclic amines) is 1. The summed E-state index contributed by atoms with van der Waals surface area (Å²) in [5.41, 5.74) is 1.84. The highest BCUT2D eigenvalue weighted by molar-refractivity contribution is 5.78. The number of pyridine rings is 1. The number of nitrogens with zero attached hydrogens (tertiary/aromatic N) is 2. The fourth-order valence-corrected chi connectivity index (χ4v) is 3.03. The Balaban J connectivity index is 1.59. The van der Waals surface area contributed by atoms with Crippen molar-refractivity contribution in [3.63, 3.8) is 0 Å². The van der Waals surface area contributed by atoms with Crippen molar-refractivity contribution < 1.29 is 14.3 Å². The zero-order chi connectivity index (χ0) is 16.9. The third-order valence-corrected chi connectivity index (χ3v) is 4.20. The molecule has 1 aromatic heterocycles. The van der Waals surface area contributed by atoms with Crippen LogP contribution in [0.15, 0.2) is 48.8 Å². The zero-order valence-corrected chi connectivity index (χ0v) is 13.2. The lowest BCUT2D eigenvalue weighted by atomic mass is 10.0. The smallest absolute Gasteiger partial charge is 0.234 e. The summed E-state index contributed by atoms with van der Waals surface area (Å²) in [5, 5.41) is 12.8. The van der Waals surface area contributed by atoms with E-state index in [1.807, 2.05) is 17.0 Å². The Hall–Kier alpha value is -2.31. The monoisotopic (exact) mass is 329 g/mol. The molecule has 1 aliphatic rings. The lowest BCUT2D eigenvalue weighted by Gasteiger charge is -2.23. The van der Waals surface area contributed by atoms with Crippen LogP contribution >= 0.6 is 0 Å². The van der Waals surface area contributed by atoms with Crippen molar-refractivity contribution in [3.8, 4) is 0 Å². The second-order valence-electron chi connectivity index (χ2n) is 6.02. The number of aliphatic hydroxyl groups is 1. The van der Waals surface area contributed by atoms with E-state index in [1.54, 1.807) is 24.5 Å². The summed E-state index contributed by atoms with van der Waals surface area (Å²) in [4.78, 5) is 18.1. The number of β-amino-alcohol motifs (C(OH)–C–C–N with tert-alkyl or cyclic N) is 1. The summed E-state index contributed by atoms with van der Waals surface area (Å²) in [6.07, 6.45) is 3.46. The van der Waals surface area contributed by atoms with E-state index < -0.39 is 6.10 Å². The lowest BCUT2D eigenvalue weighted by molar-refractivity contribution is -0.122. The fraction of sp³-hybridized carbons (Fsp3) is 0.333. The van der Waals surface area contributed by atoms with E-state index >= 15 is 0 Å². The van der Waals surface area contributed by atoms with Crippen molar-refractivity contribution in [2.75, 3.05) is 13.1 Å². The van der Waals surface area contributed by atoms with Crippen LogP contribution in [-0.4, -0.2) is 40.1 Å². The second-order valence-corrected chi connectivity index (χ2v) is 6.02. The molecule has 0 saturated carbocycles. The minimum Gasteiger partial charge on any atom is -0.392 e. The van der Waals surface area contributed by atoms with Gasteiger partial charge in [-0.05, 0) is 35.7 Å². The van der Waals surface area contributed by atoms with E-state index in [1.165, 1.54) is 12.1 Å². The van der Waals surface area contributed by atoms with Gasteiger partial charge >= 0.3 is 0 Å². The summed E-state index contributed by atoms with van der Waals surface area (Å²) < 4.78 is 13.1. The van der Waals surface area contributed by atoms with Crippen LogP contribution in [0.2, 0.25) is 0 Å². The molecule has 2 aromatic rings. The highest BCUT2D eigenvalue weighted by Crippen LogP contribution is 2.31. The third kappa shape index (κ3) is 4.15. The van der Waals surface area contributed by atoms with Crippen LogP contribution < -0.4 is 5.32 Å². The first-order chi connectivity index (χ1) is 11.6. The summed E-state index contributed by atoms with van der Waals surface area (Å²) >= 11 is 0. The molecule has 0 aliphatic carbocycles. The van der Waals surface area contributed by atoms with Gasteiger partial charge < -0.3 is 10.4 Å². The quantitative estimate of drug-likeness (QED) is 0.875.